The first kappa shape index (κ1) is 17.7. The molecule has 0 atom stereocenters. The third kappa shape index (κ3) is 4.69. The number of aryl methyl sites for hydroxylation is 2. The van der Waals surface area contributed by atoms with E-state index in [1.807, 2.05) is 50.2 Å². The summed E-state index contributed by atoms with van der Waals surface area (Å²) in [5, 5.41) is 5.43. The topological polar surface area (TPSA) is 58.2 Å². The van der Waals surface area contributed by atoms with Crippen LogP contribution >= 0.6 is 0 Å². The molecule has 0 spiro atoms. The third-order valence-corrected chi connectivity index (χ3v) is 4.04. The van der Waals surface area contributed by atoms with Gasteiger partial charge in [0, 0.05) is 11.3 Å². The Morgan fingerprint density at radius 2 is 1.62 bits per heavy atom. The van der Waals surface area contributed by atoms with Crippen molar-refractivity contribution in [2.24, 2.45) is 0 Å². The highest BCUT2D eigenvalue weighted by Gasteiger charge is 2.09. The molecule has 4 heteroatoms. The van der Waals surface area contributed by atoms with Crippen LogP contribution < -0.4 is 10.6 Å². The molecule has 2 rings (SSSR count). The molecule has 0 aliphatic rings. The molecule has 0 aliphatic carbocycles. The van der Waals surface area contributed by atoms with Crippen LogP contribution in [0.3, 0.4) is 0 Å². The number of hydrogen-bond acceptors (Lipinski definition) is 2. The summed E-state index contributed by atoms with van der Waals surface area (Å²) in [6.07, 6.45) is 0. The van der Waals surface area contributed by atoms with Crippen molar-refractivity contribution >= 4 is 17.5 Å². The van der Waals surface area contributed by atoms with Gasteiger partial charge in [-0.3, -0.25) is 9.59 Å². The number of anilines is 1. The molecule has 4 nitrogen and oxygen atoms in total. The van der Waals surface area contributed by atoms with Crippen LogP contribution in [0.5, 0.6) is 0 Å². The molecule has 0 unspecified atom stereocenters. The molecule has 0 aromatic heterocycles. The van der Waals surface area contributed by atoms with Gasteiger partial charge in [-0.1, -0.05) is 32.0 Å². The minimum absolute atomic E-state index is 0.0578. The van der Waals surface area contributed by atoms with Crippen LogP contribution in [-0.4, -0.2) is 18.4 Å². The van der Waals surface area contributed by atoms with Crippen molar-refractivity contribution in [2.75, 3.05) is 11.9 Å². The number of benzene rings is 2. The van der Waals surface area contributed by atoms with E-state index in [0.717, 1.165) is 16.8 Å². The molecule has 126 valence electrons. The van der Waals surface area contributed by atoms with Crippen LogP contribution in [0.1, 0.15) is 46.8 Å². The quantitative estimate of drug-likeness (QED) is 0.879. The monoisotopic (exact) mass is 324 g/mol. The molecule has 2 aromatic carbocycles. The van der Waals surface area contributed by atoms with E-state index in [4.69, 9.17) is 0 Å². The minimum atomic E-state index is -0.247. The first-order chi connectivity index (χ1) is 11.4. The summed E-state index contributed by atoms with van der Waals surface area (Å²) in [5.41, 5.74) is 4.69. The van der Waals surface area contributed by atoms with Gasteiger partial charge in [0.2, 0.25) is 5.91 Å². The largest absolute Gasteiger partial charge is 0.343 e. The zero-order valence-electron chi connectivity index (χ0n) is 14.6. The maximum atomic E-state index is 12.1. The first-order valence-electron chi connectivity index (χ1n) is 8.12. The van der Waals surface area contributed by atoms with E-state index in [1.54, 1.807) is 6.07 Å². The Morgan fingerprint density at radius 1 is 0.958 bits per heavy atom. The van der Waals surface area contributed by atoms with Gasteiger partial charge in [0.25, 0.3) is 5.91 Å². The molecule has 2 N–H and O–H groups in total. The lowest BCUT2D eigenvalue weighted by molar-refractivity contribution is -0.115. The Kier molecular flexibility index (Phi) is 5.74. The number of nitrogens with one attached hydrogen (secondary N) is 2. The Morgan fingerprint density at radius 3 is 2.21 bits per heavy atom. The number of hydrogen-bond donors (Lipinski definition) is 2. The van der Waals surface area contributed by atoms with Crippen molar-refractivity contribution in [3.05, 3.63) is 64.7 Å². The number of rotatable bonds is 5. The van der Waals surface area contributed by atoms with Crippen LogP contribution in [0.15, 0.2) is 42.5 Å². The summed E-state index contributed by atoms with van der Waals surface area (Å²) < 4.78 is 0. The van der Waals surface area contributed by atoms with E-state index in [-0.39, 0.29) is 18.4 Å². The number of amides is 2. The Hall–Kier alpha value is -2.62. The SMILES string of the molecule is Cc1ccc(C(=O)NCC(=O)Nc2ccc(C(C)C)cc2)cc1C. The van der Waals surface area contributed by atoms with E-state index in [9.17, 15) is 9.59 Å². The summed E-state index contributed by atoms with van der Waals surface area (Å²) in [5.74, 6) is -0.0418. The summed E-state index contributed by atoms with van der Waals surface area (Å²) in [6, 6.07) is 13.2. The van der Waals surface area contributed by atoms with E-state index in [0.29, 0.717) is 11.5 Å². The van der Waals surface area contributed by atoms with Crippen LogP contribution in [0, 0.1) is 13.8 Å². The standard InChI is InChI=1S/C20H24N2O2/c1-13(2)16-7-9-18(10-8-16)22-19(23)12-21-20(24)17-6-5-14(3)15(4)11-17/h5-11,13H,12H2,1-4H3,(H,21,24)(H,22,23). The lowest BCUT2D eigenvalue weighted by Gasteiger charge is -2.10. The Bertz CT molecular complexity index is 734. The highest BCUT2D eigenvalue weighted by atomic mass is 16.2. The highest BCUT2D eigenvalue weighted by Crippen LogP contribution is 2.17. The van der Waals surface area contributed by atoms with Gasteiger partial charge in [0.15, 0.2) is 0 Å². The zero-order chi connectivity index (χ0) is 17.7. The Labute approximate surface area is 143 Å². The van der Waals surface area contributed by atoms with Gasteiger partial charge in [-0.05, 0) is 60.7 Å². The summed E-state index contributed by atoms with van der Waals surface area (Å²) in [7, 11) is 0. The number of carbonyl (C=O) groups is 2. The van der Waals surface area contributed by atoms with Gasteiger partial charge in [-0.25, -0.2) is 0 Å². The molecule has 0 heterocycles. The van der Waals surface area contributed by atoms with Crippen LogP contribution in [-0.2, 0) is 4.79 Å². The van der Waals surface area contributed by atoms with Gasteiger partial charge in [0.1, 0.15) is 0 Å². The molecular weight excluding hydrogens is 300 g/mol. The minimum Gasteiger partial charge on any atom is -0.343 e. The van der Waals surface area contributed by atoms with Crippen molar-refractivity contribution < 1.29 is 9.59 Å². The molecule has 2 aromatic rings. The van der Waals surface area contributed by atoms with E-state index >= 15 is 0 Å². The Balaban J connectivity index is 1.88. The summed E-state index contributed by atoms with van der Waals surface area (Å²) >= 11 is 0. The molecular formula is C20H24N2O2. The molecule has 0 fully saturated rings. The van der Waals surface area contributed by atoms with Gasteiger partial charge < -0.3 is 10.6 Å². The van der Waals surface area contributed by atoms with Crippen molar-refractivity contribution in [1.82, 2.24) is 5.32 Å². The average molecular weight is 324 g/mol. The smallest absolute Gasteiger partial charge is 0.251 e. The molecule has 24 heavy (non-hydrogen) atoms. The van der Waals surface area contributed by atoms with Crippen molar-refractivity contribution in [2.45, 2.75) is 33.6 Å². The van der Waals surface area contributed by atoms with Gasteiger partial charge in [-0.2, -0.15) is 0 Å². The lowest BCUT2D eigenvalue weighted by Crippen LogP contribution is -2.32. The van der Waals surface area contributed by atoms with Crippen molar-refractivity contribution in [1.29, 1.82) is 0 Å². The van der Waals surface area contributed by atoms with E-state index in [2.05, 4.69) is 24.5 Å². The van der Waals surface area contributed by atoms with Crippen LogP contribution in [0.4, 0.5) is 5.69 Å². The van der Waals surface area contributed by atoms with Gasteiger partial charge >= 0.3 is 0 Å². The van der Waals surface area contributed by atoms with E-state index < -0.39 is 0 Å². The maximum absolute atomic E-state index is 12.1. The molecule has 0 bridgehead atoms. The third-order valence-electron chi connectivity index (χ3n) is 4.04. The lowest BCUT2D eigenvalue weighted by atomic mass is 10.0. The molecule has 0 radical (unpaired) electrons. The second-order valence-electron chi connectivity index (χ2n) is 6.31. The van der Waals surface area contributed by atoms with Crippen LogP contribution in [0.2, 0.25) is 0 Å². The second kappa shape index (κ2) is 7.77. The first-order valence-corrected chi connectivity index (χ1v) is 8.12. The van der Waals surface area contributed by atoms with Crippen molar-refractivity contribution in [3.8, 4) is 0 Å². The average Bonchev–Trinajstić information content (AvgIpc) is 2.55. The molecule has 0 saturated heterocycles. The van der Waals surface area contributed by atoms with Gasteiger partial charge in [-0.15, -0.1) is 0 Å². The van der Waals surface area contributed by atoms with Crippen LogP contribution in [0.25, 0.3) is 0 Å². The molecule has 0 saturated carbocycles. The normalized spacial score (nSPS) is 10.5. The fourth-order valence-electron chi connectivity index (χ4n) is 2.30. The number of carbonyl (C=O) groups excluding carboxylic acids is 2. The fraction of sp³-hybridized carbons (Fsp3) is 0.300. The maximum Gasteiger partial charge on any atom is 0.251 e. The zero-order valence-corrected chi connectivity index (χ0v) is 14.6. The molecule has 2 amide bonds. The van der Waals surface area contributed by atoms with Gasteiger partial charge in [0.05, 0.1) is 6.54 Å². The summed E-state index contributed by atoms with van der Waals surface area (Å²) in [6.45, 7) is 8.14. The van der Waals surface area contributed by atoms with E-state index in [1.165, 1.54) is 5.56 Å². The highest BCUT2D eigenvalue weighted by molar-refractivity contribution is 5.99. The van der Waals surface area contributed by atoms with Crippen molar-refractivity contribution in [3.63, 3.8) is 0 Å². The summed E-state index contributed by atoms with van der Waals surface area (Å²) in [4.78, 5) is 24.1. The molecule has 0 aliphatic heterocycles. The predicted octanol–water partition coefficient (Wildman–Crippen LogP) is 3.80. The fourth-order valence-corrected chi connectivity index (χ4v) is 2.30. The second-order valence-corrected chi connectivity index (χ2v) is 6.31. The predicted molar refractivity (Wildman–Crippen MR) is 97.4 cm³/mol.